The van der Waals surface area contributed by atoms with Crippen molar-refractivity contribution in [1.29, 1.82) is 0 Å². The van der Waals surface area contributed by atoms with Gasteiger partial charge in [-0.05, 0) is 12.8 Å². The van der Waals surface area contributed by atoms with Crippen molar-refractivity contribution in [2.75, 3.05) is 39.5 Å². The Morgan fingerprint density at radius 1 is 1.55 bits per heavy atom. The van der Waals surface area contributed by atoms with E-state index in [1.165, 1.54) is 4.90 Å². The topological polar surface area (TPSA) is 97.5 Å². The Hall–Kier alpha value is -1.90. The molecule has 2 rings (SSSR count). The molecule has 2 fully saturated rings. The zero-order chi connectivity index (χ0) is 15.9. The van der Waals surface area contributed by atoms with Gasteiger partial charge in [-0.2, -0.15) is 0 Å². The van der Waals surface area contributed by atoms with Crippen LogP contribution in [-0.4, -0.2) is 66.3 Å². The summed E-state index contributed by atoms with van der Waals surface area (Å²) in [6, 6.07) is 0. The van der Waals surface area contributed by atoms with Crippen LogP contribution in [0.5, 0.6) is 0 Å². The first-order valence-corrected chi connectivity index (χ1v) is 7.61. The molecule has 0 aromatic carbocycles. The summed E-state index contributed by atoms with van der Waals surface area (Å²) in [6.07, 6.45) is 2.03. The molecule has 0 saturated carbocycles. The van der Waals surface area contributed by atoms with Crippen molar-refractivity contribution in [2.45, 2.75) is 26.2 Å². The van der Waals surface area contributed by atoms with Crippen molar-refractivity contribution >= 4 is 12.1 Å². The zero-order valence-corrected chi connectivity index (χ0v) is 12.8. The quantitative estimate of drug-likeness (QED) is 0.414. The Labute approximate surface area is 129 Å². The van der Waals surface area contributed by atoms with Crippen LogP contribution in [0.1, 0.15) is 26.2 Å². The normalized spacial score (nSPS) is 23.3. The fraction of sp³-hybridized carbons (Fsp3) is 0.846. The monoisotopic (exact) mass is 314 g/mol. The van der Waals surface area contributed by atoms with Crippen LogP contribution in [0, 0.1) is 16.0 Å². The molecular formula is C13H22N4O5. The van der Waals surface area contributed by atoms with Crippen LogP contribution in [0.3, 0.4) is 0 Å². The van der Waals surface area contributed by atoms with Crippen molar-refractivity contribution in [2.24, 2.45) is 11.0 Å². The van der Waals surface area contributed by atoms with Gasteiger partial charge < -0.3 is 14.4 Å². The summed E-state index contributed by atoms with van der Waals surface area (Å²) in [5.74, 6) is 0.381. The molecule has 9 nitrogen and oxygen atoms in total. The lowest BCUT2D eigenvalue weighted by molar-refractivity contribution is -0.486. The van der Waals surface area contributed by atoms with Gasteiger partial charge in [0.25, 0.3) is 5.96 Å². The SMILES string of the molecule is CCCCOC(=O)N1CCN(CC2CCOC2)C1=N[N+](=O)[O-]. The van der Waals surface area contributed by atoms with E-state index in [9.17, 15) is 14.9 Å². The number of ether oxygens (including phenoxy) is 2. The highest BCUT2D eigenvalue weighted by Crippen LogP contribution is 2.18. The van der Waals surface area contributed by atoms with Crippen molar-refractivity contribution in [3.05, 3.63) is 10.1 Å². The maximum absolute atomic E-state index is 12.0. The molecule has 0 spiro atoms. The number of hydrazone groups is 1. The molecule has 22 heavy (non-hydrogen) atoms. The number of nitro groups is 1. The third-order valence-electron chi connectivity index (χ3n) is 3.74. The minimum Gasteiger partial charge on any atom is -0.449 e. The molecule has 1 unspecified atom stereocenters. The van der Waals surface area contributed by atoms with Gasteiger partial charge in [-0.3, -0.25) is 0 Å². The van der Waals surface area contributed by atoms with Gasteiger partial charge in [-0.15, -0.1) is 0 Å². The van der Waals surface area contributed by atoms with Crippen molar-refractivity contribution in [3.63, 3.8) is 0 Å². The van der Waals surface area contributed by atoms with Gasteiger partial charge in [0, 0.05) is 25.6 Å². The van der Waals surface area contributed by atoms with E-state index in [0.29, 0.717) is 45.4 Å². The van der Waals surface area contributed by atoms with Crippen LogP contribution in [0.15, 0.2) is 5.10 Å². The first kappa shape index (κ1) is 16.5. The third kappa shape index (κ3) is 4.30. The Morgan fingerprint density at radius 2 is 2.36 bits per heavy atom. The maximum Gasteiger partial charge on any atom is 0.416 e. The second kappa shape index (κ2) is 7.92. The van der Waals surface area contributed by atoms with E-state index < -0.39 is 11.1 Å². The number of amides is 1. The van der Waals surface area contributed by atoms with Gasteiger partial charge in [0.2, 0.25) is 0 Å². The first-order valence-electron chi connectivity index (χ1n) is 7.61. The maximum atomic E-state index is 12.0. The lowest BCUT2D eigenvalue weighted by Gasteiger charge is -2.21. The molecule has 0 aromatic heterocycles. The zero-order valence-electron chi connectivity index (χ0n) is 12.8. The highest BCUT2D eigenvalue weighted by Gasteiger charge is 2.36. The van der Waals surface area contributed by atoms with E-state index in [-0.39, 0.29) is 5.96 Å². The summed E-state index contributed by atoms with van der Waals surface area (Å²) >= 11 is 0. The minimum atomic E-state index is -0.773. The van der Waals surface area contributed by atoms with Crippen LogP contribution in [-0.2, 0) is 9.47 Å². The van der Waals surface area contributed by atoms with Gasteiger partial charge in [-0.25, -0.2) is 19.8 Å². The largest absolute Gasteiger partial charge is 0.449 e. The van der Waals surface area contributed by atoms with Gasteiger partial charge >= 0.3 is 6.09 Å². The summed E-state index contributed by atoms with van der Waals surface area (Å²) in [5, 5.41) is 13.4. The van der Waals surface area contributed by atoms with E-state index >= 15 is 0 Å². The Morgan fingerprint density at radius 3 is 3.00 bits per heavy atom. The van der Waals surface area contributed by atoms with E-state index in [1.54, 1.807) is 4.90 Å². The van der Waals surface area contributed by atoms with Gasteiger partial charge in [0.05, 0.1) is 19.8 Å². The number of hydrogen-bond acceptors (Lipinski definition) is 5. The molecule has 2 saturated heterocycles. The molecule has 0 N–H and O–H groups in total. The summed E-state index contributed by atoms with van der Waals surface area (Å²) in [6.45, 7) is 5.14. The number of unbranched alkanes of at least 4 members (excludes halogenated alkanes) is 1. The van der Waals surface area contributed by atoms with Gasteiger partial charge in [0.15, 0.2) is 5.03 Å². The number of carbonyl (C=O) groups excluding carboxylic acids is 1. The molecule has 0 radical (unpaired) electrons. The smallest absolute Gasteiger partial charge is 0.416 e. The van der Waals surface area contributed by atoms with Gasteiger partial charge in [0.1, 0.15) is 5.10 Å². The first-order chi connectivity index (χ1) is 10.6. The van der Waals surface area contributed by atoms with Crippen molar-refractivity contribution < 1.29 is 19.3 Å². The lowest BCUT2D eigenvalue weighted by Crippen LogP contribution is -2.40. The number of rotatable bonds is 6. The summed E-state index contributed by atoms with van der Waals surface area (Å²) < 4.78 is 10.4. The lowest BCUT2D eigenvalue weighted by atomic mass is 10.1. The minimum absolute atomic E-state index is 0.0680. The van der Waals surface area contributed by atoms with Crippen molar-refractivity contribution in [1.82, 2.24) is 9.80 Å². The predicted molar refractivity (Wildman–Crippen MR) is 77.9 cm³/mol. The Balaban J connectivity index is 2.00. The van der Waals surface area contributed by atoms with Crippen LogP contribution in [0.25, 0.3) is 0 Å². The molecule has 124 valence electrons. The third-order valence-corrected chi connectivity index (χ3v) is 3.74. The predicted octanol–water partition coefficient (Wildman–Crippen LogP) is 1.12. The van der Waals surface area contributed by atoms with Crippen LogP contribution in [0.4, 0.5) is 4.79 Å². The molecular weight excluding hydrogens is 292 g/mol. The molecule has 0 bridgehead atoms. The standard InChI is InChI=1S/C13H22N4O5/c1-2-3-7-22-13(18)16-6-5-15(12(16)14-17(19)20)9-11-4-8-21-10-11/h11H,2-10H2,1H3. The van der Waals surface area contributed by atoms with E-state index in [1.807, 2.05) is 6.92 Å². The fourth-order valence-electron chi connectivity index (χ4n) is 2.55. The van der Waals surface area contributed by atoms with Crippen LogP contribution >= 0.6 is 0 Å². The highest BCUT2D eigenvalue weighted by atomic mass is 16.7. The van der Waals surface area contributed by atoms with Crippen molar-refractivity contribution in [3.8, 4) is 0 Å². The average Bonchev–Trinajstić information content (AvgIpc) is 3.10. The molecule has 1 amide bonds. The number of guanidine groups is 1. The molecule has 0 aromatic rings. The van der Waals surface area contributed by atoms with E-state index in [0.717, 1.165) is 19.3 Å². The summed E-state index contributed by atoms with van der Waals surface area (Å²) in [4.78, 5) is 25.8. The molecule has 9 heteroatoms. The number of nitrogens with zero attached hydrogens (tertiary/aromatic N) is 4. The van der Waals surface area contributed by atoms with Crippen LogP contribution in [0.2, 0.25) is 0 Å². The Kier molecular flexibility index (Phi) is 5.93. The van der Waals surface area contributed by atoms with E-state index in [2.05, 4.69) is 5.10 Å². The Bertz CT molecular complexity index is 436. The molecule has 2 aliphatic heterocycles. The fourth-order valence-corrected chi connectivity index (χ4v) is 2.55. The van der Waals surface area contributed by atoms with Gasteiger partial charge in [-0.1, -0.05) is 13.3 Å². The summed E-state index contributed by atoms with van der Waals surface area (Å²) in [7, 11) is 0. The second-order valence-electron chi connectivity index (χ2n) is 5.43. The summed E-state index contributed by atoms with van der Waals surface area (Å²) in [5.41, 5.74) is 0. The number of carbonyl (C=O) groups is 1. The molecule has 1 atom stereocenters. The molecule has 0 aliphatic carbocycles. The average molecular weight is 314 g/mol. The van der Waals surface area contributed by atoms with Crippen LogP contribution < -0.4 is 0 Å². The highest BCUT2D eigenvalue weighted by molar-refractivity contribution is 5.95. The second-order valence-corrected chi connectivity index (χ2v) is 5.43. The van der Waals surface area contributed by atoms with E-state index in [4.69, 9.17) is 9.47 Å². The molecule has 2 aliphatic rings. The molecule has 2 heterocycles. The number of hydrogen-bond donors (Lipinski definition) is 0.